The molecule has 3 rings (SSSR count). The van der Waals surface area contributed by atoms with Gasteiger partial charge in [-0.3, -0.25) is 9.59 Å². The summed E-state index contributed by atoms with van der Waals surface area (Å²) in [4.78, 5) is 35.3. The first kappa shape index (κ1) is 18.4. The Morgan fingerprint density at radius 2 is 1.63 bits per heavy atom. The molecule has 2 aromatic rings. The Bertz CT molecular complexity index is 859. The van der Waals surface area contributed by atoms with Gasteiger partial charge in [0, 0.05) is 19.0 Å². The number of carbonyl (C=O) groups is 3. The lowest BCUT2D eigenvalue weighted by Gasteiger charge is -2.18. The molecule has 1 aliphatic heterocycles. The van der Waals surface area contributed by atoms with Crippen molar-refractivity contribution in [2.24, 2.45) is 0 Å². The molecule has 1 N–H and O–H groups in total. The molecule has 0 unspecified atom stereocenters. The number of ether oxygens (including phenoxy) is 3. The third-order valence-corrected chi connectivity index (χ3v) is 3.93. The highest BCUT2D eigenvalue weighted by Gasteiger charge is 2.16. The largest absolute Gasteiger partial charge is 0.486 e. The molecule has 0 aromatic heterocycles. The van der Waals surface area contributed by atoms with Gasteiger partial charge in [0.1, 0.15) is 13.2 Å². The van der Waals surface area contributed by atoms with Gasteiger partial charge in [-0.05, 0) is 35.9 Å². The Kier molecular flexibility index (Phi) is 5.71. The van der Waals surface area contributed by atoms with Crippen LogP contribution in [-0.2, 0) is 16.1 Å². The first-order valence-corrected chi connectivity index (χ1v) is 8.46. The van der Waals surface area contributed by atoms with Crippen molar-refractivity contribution >= 4 is 17.7 Å². The second-order valence-corrected chi connectivity index (χ2v) is 5.96. The van der Waals surface area contributed by atoms with Crippen LogP contribution in [-0.4, -0.2) is 37.5 Å². The van der Waals surface area contributed by atoms with Crippen LogP contribution in [0.2, 0.25) is 0 Å². The summed E-state index contributed by atoms with van der Waals surface area (Å²) >= 11 is 0. The molecule has 0 saturated heterocycles. The normalized spacial score (nSPS) is 12.2. The Morgan fingerprint density at radius 1 is 0.963 bits per heavy atom. The summed E-state index contributed by atoms with van der Waals surface area (Å²) in [6.07, 6.45) is 0. The molecule has 0 spiro atoms. The highest BCUT2D eigenvalue weighted by Crippen LogP contribution is 2.30. The van der Waals surface area contributed by atoms with Gasteiger partial charge in [0.15, 0.2) is 23.9 Å². The number of amides is 1. The van der Waals surface area contributed by atoms with E-state index in [0.29, 0.717) is 42.4 Å². The van der Waals surface area contributed by atoms with Crippen molar-refractivity contribution in [1.82, 2.24) is 5.32 Å². The van der Waals surface area contributed by atoms with Crippen LogP contribution in [0.5, 0.6) is 11.5 Å². The van der Waals surface area contributed by atoms with Crippen LogP contribution >= 0.6 is 0 Å². The maximum Gasteiger partial charge on any atom is 0.338 e. The minimum Gasteiger partial charge on any atom is -0.486 e. The van der Waals surface area contributed by atoms with E-state index in [0.717, 1.165) is 5.56 Å². The van der Waals surface area contributed by atoms with E-state index in [1.54, 1.807) is 42.5 Å². The molecule has 27 heavy (non-hydrogen) atoms. The first-order chi connectivity index (χ1) is 13.0. The number of esters is 1. The number of hydrogen-bond acceptors (Lipinski definition) is 6. The van der Waals surface area contributed by atoms with E-state index in [1.807, 2.05) is 0 Å². The zero-order valence-corrected chi connectivity index (χ0v) is 14.8. The molecule has 140 valence electrons. The van der Waals surface area contributed by atoms with Crippen LogP contribution < -0.4 is 14.8 Å². The number of benzene rings is 2. The number of fused-ring (bicyclic) bond motifs is 1. The topological polar surface area (TPSA) is 90.9 Å². The second-order valence-electron chi connectivity index (χ2n) is 5.96. The Morgan fingerprint density at radius 3 is 2.33 bits per heavy atom. The smallest absolute Gasteiger partial charge is 0.338 e. The van der Waals surface area contributed by atoms with E-state index >= 15 is 0 Å². The molecule has 2 aromatic carbocycles. The molecule has 0 aliphatic carbocycles. The molecule has 0 atom stereocenters. The number of carbonyl (C=O) groups excluding carboxylic acids is 3. The van der Waals surface area contributed by atoms with E-state index in [9.17, 15) is 14.4 Å². The Labute approximate surface area is 156 Å². The van der Waals surface area contributed by atoms with Crippen molar-refractivity contribution in [3.05, 3.63) is 59.2 Å². The standard InChI is InChI=1S/C20H19NO6/c1-13(22)21-11-14-2-4-15(5-3-14)20(24)27-12-17(23)16-6-7-18-19(10-16)26-9-8-25-18/h2-7,10H,8-9,11-12H2,1H3,(H,21,22). The van der Waals surface area contributed by atoms with Crippen LogP contribution in [0.4, 0.5) is 0 Å². The van der Waals surface area contributed by atoms with Crippen LogP contribution in [0.15, 0.2) is 42.5 Å². The van der Waals surface area contributed by atoms with Gasteiger partial charge in [0.2, 0.25) is 5.91 Å². The van der Waals surface area contributed by atoms with Gasteiger partial charge < -0.3 is 19.5 Å². The lowest BCUT2D eigenvalue weighted by Crippen LogP contribution is -2.19. The monoisotopic (exact) mass is 369 g/mol. The fraction of sp³-hybridized carbons (Fsp3) is 0.250. The Balaban J connectivity index is 1.55. The fourth-order valence-corrected chi connectivity index (χ4v) is 2.50. The van der Waals surface area contributed by atoms with Crippen molar-refractivity contribution in [2.45, 2.75) is 13.5 Å². The molecule has 0 bridgehead atoms. The van der Waals surface area contributed by atoms with Crippen molar-refractivity contribution in [3.63, 3.8) is 0 Å². The Hall–Kier alpha value is -3.35. The van der Waals surface area contributed by atoms with Gasteiger partial charge in [-0.2, -0.15) is 0 Å². The lowest BCUT2D eigenvalue weighted by molar-refractivity contribution is -0.119. The highest BCUT2D eigenvalue weighted by atomic mass is 16.6. The molecule has 7 heteroatoms. The summed E-state index contributed by atoms with van der Waals surface area (Å²) in [5.41, 5.74) is 1.57. The van der Waals surface area contributed by atoms with Gasteiger partial charge in [-0.15, -0.1) is 0 Å². The van der Waals surface area contributed by atoms with E-state index in [1.165, 1.54) is 6.92 Å². The van der Waals surface area contributed by atoms with E-state index in [4.69, 9.17) is 14.2 Å². The third kappa shape index (κ3) is 4.84. The lowest BCUT2D eigenvalue weighted by atomic mass is 10.1. The summed E-state index contributed by atoms with van der Waals surface area (Å²) in [6.45, 7) is 2.35. The molecular weight excluding hydrogens is 350 g/mol. The number of Topliss-reactive ketones (excluding diaryl/α,β-unsaturated/α-hetero) is 1. The van der Waals surface area contributed by atoms with E-state index < -0.39 is 5.97 Å². The van der Waals surface area contributed by atoms with E-state index in [2.05, 4.69) is 5.32 Å². The van der Waals surface area contributed by atoms with Gasteiger partial charge >= 0.3 is 5.97 Å². The summed E-state index contributed by atoms with van der Waals surface area (Å²) < 4.78 is 15.9. The zero-order valence-electron chi connectivity index (χ0n) is 14.8. The van der Waals surface area contributed by atoms with Crippen LogP contribution in [0.3, 0.4) is 0 Å². The van der Waals surface area contributed by atoms with Crippen molar-refractivity contribution in [1.29, 1.82) is 0 Å². The predicted molar refractivity (Wildman–Crippen MR) is 96.0 cm³/mol. The summed E-state index contributed by atoms with van der Waals surface area (Å²) in [6, 6.07) is 11.5. The van der Waals surface area contributed by atoms with Crippen LogP contribution in [0.1, 0.15) is 33.2 Å². The molecule has 1 heterocycles. The summed E-state index contributed by atoms with van der Waals surface area (Å²) in [5.74, 6) is 0.0491. The SMILES string of the molecule is CC(=O)NCc1ccc(C(=O)OCC(=O)c2ccc3c(c2)OCCO3)cc1. The van der Waals surface area contributed by atoms with Gasteiger partial charge in [0.05, 0.1) is 5.56 Å². The minimum absolute atomic E-state index is 0.129. The average Bonchev–Trinajstić information content (AvgIpc) is 2.70. The molecule has 7 nitrogen and oxygen atoms in total. The van der Waals surface area contributed by atoms with E-state index in [-0.39, 0.29) is 18.3 Å². The number of rotatable bonds is 6. The fourth-order valence-electron chi connectivity index (χ4n) is 2.50. The van der Waals surface area contributed by atoms with Gasteiger partial charge in [0.25, 0.3) is 0 Å². The quantitative estimate of drug-likeness (QED) is 0.620. The molecule has 1 amide bonds. The summed E-state index contributed by atoms with van der Waals surface area (Å²) in [5, 5.41) is 2.67. The highest BCUT2D eigenvalue weighted by molar-refractivity contribution is 5.99. The molecule has 1 aliphatic rings. The van der Waals surface area contributed by atoms with Crippen LogP contribution in [0.25, 0.3) is 0 Å². The molecule has 0 fully saturated rings. The molecule has 0 radical (unpaired) electrons. The zero-order chi connectivity index (χ0) is 19.2. The summed E-state index contributed by atoms with van der Waals surface area (Å²) in [7, 11) is 0. The maximum atomic E-state index is 12.3. The number of ketones is 1. The van der Waals surface area contributed by atoms with Crippen molar-refractivity contribution in [2.75, 3.05) is 19.8 Å². The van der Waals surface area contributed by atoms with Gasteiger partial charge in [-0.1, -0.05) is 12.1 Å². The van der Waals surface area contributed by atoms with Crippen LogP contribution in [0, 0.1) is 0 Å². The molecule has 0 saturated carbocycles. The minimum atomic E-state index is -0.591. The van der Waals surface area contributed by atoms with Crippen molar-refractivity contribution in [3.8, 4) is 11.5 Å². The predicted octanol–water partition coefficient (Wildman–Crippen LogP) is 2.13. The first-order valence-electron chi connectivity index (χ1n) is 8.46. The number of nitrogens with one attached hydrogen (secondary N) is 1. The average molecular weight is 369 g/mol. The van der Waals surface area contributed by atoms with Crippen molar-refractivity contribution < 1.29 is 28.6 Å². The maximum absolute atomic E-state index is 12.3. The molecular formula is C20H19NO6. The third-order valence-electron chi connectivity index (χ3n) is 3.93. The second kappa shape index (κ2) is 8.35. The van der Waals surface area contributed by atoms with Gasteiger partial charge in [-0.25, -0.2) is 4.79 Å². The number of hydrogen-bond donors (Lipinski definition) is 1.